The summed E-state index contributed by atoms with van der Waals surface area (Å²) in [5, 5.41) is 2.99. The maximum atomic E-state index is 12.7. The average molecular weight is 327 g/mol. The molecule has 0 unspecified atom stereocenters. The van der Waals surface area contributed by atoms with Gasteiger partial charge in [0.15, 0.2) is 0 Å². The highest BCUT2D eigenvalue weighted by Gasteiger charge is 2.19. The zero-order valence-corrected chi connectivity index (χ0v) is 14.1. The number of rotatable bonds is 4. The molecule has 5 heteroatoms. The van der Waals surface area contributed by atoms with Crippen LogP contribution in [0.15, 0.2) is 47.5 Å². The Labute approximate surface area is 141 Å². The van der Waals surface area contributed by atoms with Crippen molar-refractivity contribution >= 4 is 29.2 Å². The number of benzene rings is 1. The first-order valence-electron chi connectivity index (χ1n) is 7.93. The van der Waals surface area contributed by atoms with Crippen LogP contribution in [0.3, 0.4) is 0 Å². The Morgan fingerprint density at radius 3 is 2.78 bits per heavy atom. The van der Waals surface area contributed by atoms with Crippen molar-refractivity contribution in [3.05, 3.63) is 48.2 Å². The molecule has 1 aliphatic rings. The van der Waals surface area contributed by atoms with Gasteiger partial charge in [0, 0.05) is 29.9 Å². The van der Waals surface area contributed by atoms with Gasteiger partial charge in [-0.15, -0.1) is 11.8 Å². The molecule has 4 nitrogen and oxygen atoms in total. The molecular weight excluding hydrogens is 306 g/mol. The van der Waals surface area contributed by atoms with E-state index in [9.17, 15) is 4.79 Å². The summed E-state index contributed by atoms with van der Waals surface area (Å²) in [7, 11) is 0. The molecule has 0 atom stereocenters. The van der Waals surface area contributed by atoms with Crippen LogP contribution in [-0.2, 0) is 0 Å². The van der Waals surface area contributed by atoms with Crippen LogP contribution in [0.2, 0.25) is 0 Å². The first-order valence-corrected chi connectivity index (χ1v) is 9.16. The fourth-order valence-corrected chi connectivity index (χ4v) is 3.29. The van der Waals surface area contributed by atoms with E-state index >= 15 is 0 Å². The smallest absolute Gasteiger partial charge is 0.259 e. The minimum Gasteiger partial charge on any atom is -0.356 e. The van der Waals surface area contributed by atoms with Crippen molar-refractivity contribution in [2.24, 2.45) is 0 Å². The van der Waals surface area contributed by atoms with Crippen LogP contribution in [0.25, 0.3) is 0 Å². The van der Waals surface area contributed by atoms with E-state index in [0.29, 0.717) is 5.56 Å². The minimum absolute atomic E-state index is 0.100. The second kappa shape index (κ2) is 7.51. The lowest BCUT2D eigenvalue weighted by molar-refractivity contribution is 0.102. The van der Waals surface area contributed by atoms with Gasteiger partial charge in [-0.3, -0.25) is 4.79 Å². The predicted octanol–water partition coefficient (Wildman–Crippen LogP) is 4.05. The van der Waals surface area contributed by atoms with Crippen LogP contribution in [-0.4, -0.2) is 30.2 Å². The number of pyridine rings is 1. The standard InChI is InChI=1S/C18H21N3OS/c1-23-15-8-5-7-14(13-15)20-18(22)16-9-6-10-19-17(16)21-11-3-2-4-12-21/h5-10,13H,2-4,11-12H2,1H3,(H,20,22). The number of nitrogens with zero attached hydrogens (tertiary/aromatic N) is 2. The second-order valence-electron chi connectivity index (χ2n) is 5.61. The van der Waals surface area contributed by atoms with E-state index in [0.717, 1.165) is 42.3 Å². The van der Waals surface area contributed by atoms with E-state index in [1.807, 2.05) is 42.7 Å². The molecule has 1 amide bonds. The highest BCUT2D eigenvalue weighted by molar-refractivity contribution is 7.98. The lowest BCUT2D eigenvalue weighted by atomic mass is 10.1. The molecule has 1 aromatic heterocycles. The summed E-state index contributed by atoms with van der Waals surface area (Å²) in [6, 6.07) is 11.6. The maximum absolute atomic E-state index is 12.7. The molecule has 1 aliphatic heterocycles. The molecule has 0 bridgehead atoms. The van der Waals surface area contributed by atoms with E-state index < -0.39 is 0 Å². The third kappa shape index (κ3) is 3.85. The highest BCUT2D eigenvalue weighted by atomic mass is 32.2. The SMILES string of the molecule is CSc1cccc(NC(=O)c2cccnc2N2CCCCC2)c1. The molecule has 1 aromatic carbocycles. The quantitative estimate of drug-likeness (QED) is 0.861. The monoisotopic (exact) mass is 327 g/mol. The summed E-state index contributed by atoms with van der Waals surface area (Å²) in [5.74, 6) is 0.697. The van der Waals surface area contributed by atoms with E-state index in [-0.39, 0.29) is 5.91 Å². The molecule has 2 heterocycles. The highest BCUT2D eigenvalue weighted by Crippen LogP contribution is 2.24. The molecule has 23 heavy (non-hydrogen) atoms. The molecule has 3 rings (SSSR count). The minimum atomic E-state index is -0.100. The van der Waals surface area contributed by atoms with Crippen molar-refractivity contribution in [3.8, 4) is 0 Å². The van der Waals surface area contributed by atoms with Gasteiger partial charge in [0.2, 0.25) is 0 Å². The van der Waals surface area contributed by atoms with Gasteiger partial charge in [0.05, 0.1) is 5.56 Å². The second-order valence-corrected chi connectivity index (χ2v) is 6.49. The van der Waals surface area contributed by atoms with Gasteiger partial charge in [0.1, 0.15) is 5.82 Å². The van der Waals surface area contributed by atoms with E-state index in [1.54, 1.807) is 18.0 Å². The molecule has 1 N–H and O–H groups in total. The Balaban J connectivity index is 1.81. The summed E-state index contributed by atoms with van der Waals surface area (Å²) in [4.78, 5) is 20.5. The fraction of sp³-hybridized carbons (Fsp3) is 0.333. The molecule has 0 saturated carbocycles. The van der Waals surface area contributed by atoms with E-state index in [1.165, 1.54) is 6.42 Å². The average Bonchev–Trinajstić information content (AvgIpc) is 2.62. The third-order valence-electron chi connectivity index (χ3n) is 4.01. The van der Waals surface area contributed by atoms with Crippen LogP contribution >= 0.6 is 11.8 Å². The molecule has 0 radical (unpaired) electrons. The van der Waals surface area contributed by atoms with Crippen LogP contribution in [0.4, 0.5) is 11.5 Å². The van der Waals surface area contributed by atoms with Crippen LogP contribution in [0.1, 0.15) is 29.6 Å². The van der Waals surface area contributed by atoms with Gasteiger partial charge in [0.25, 0.3) is 5.91 Å². The van der Waals surface area contributed by atoms with Crippen molar-refractivity contribution in [1.82, 2.24) is 4.98 Å². The largest absolute Gasteiger partial charge is 0.356 e. The first kappa shape index (κ1) is 15.9. The number of carbonyl (C=O) groups excluding carboxylic acids is 1. The third-order valence-corrected chi connectivity index (χ3v) is 4.74. The molecule has 0 aliphatic carbocycles. The van der Waals surface area contributed by atoms with Crippen LogP contribution < -0.4 is 10.2 Å². The first-order chi connectivity index (χ1) is 11.3. The molecule has 1 fully saturated rings. The Morgan fingerprint density at radius 1 is 1.17 bits per heavy atom. The van der Waals surface area contributed by atoms with Crippen molar-refractivity contribution in [2.75, 3.05) is 29.6 Å². The number of anilines is 2. The Kier molecular flexibility index (Phi) is 5.18. The van der Waals surface area contributed by atoms with Gasteiger partial charge in [-0.2, -0.15) is 0 Å². The van der Waals surface area contributed by atoms with Crippen molar-refractivity contribution in [2.45, 2.75) is 24.2 Å². The normalized spacial score (nSPS) is 14.6. The molecule has 0 spiro atoms. The summed E-state index contributed by atoms with van der Waals surface area (Å²) in [5.41, 5.74) is 1.46. The van der Waals surface area contributed by atoms with E-state index in [4.69, 9.17) is 0 Å². The van der Waals surface area contributed by atoms with Crippen molar-refractivity contribution < 1.29 is 4.79 Å². The van der Waals surface area contributed by atoms with Gasteiger partial charge in [-0.1, -0.05) is 6.07 Å². The number of piperidine rings is 1. The Morgan fingerprint density at radius 2 is 2.00 bits per heavy atom. The summed E-state index contributed by atoms with van der Waals surface area (Å²) in [6.07, 6.45) is 7.36. The number of carbonyl (C=O) groups is 1. The lowest BCUT2D eigenvalue weighted by Gasteiger charge is -2.29. The van der Waals surface area contributed by atoms with Gasteiger partial charge in [-0.25, -0.2) is 4.98 Å². The zero-order valence-electron chi connectivity index (χ0n) is 13.3. The summed E-state index contributed by atoms with van der Waals surface area (Å²) >= 11 is 1.66. The van der Waals surface area contributed by atoms with Crippen molar-refractivity contribution in [1.29, 1.82) is 0 Å². The number of thioether (sulfide) groups is 1. The molecule has 1 saturated heterocycles. The topological polar surface area (TPSA) is 45.2 Å². The van der Waals surface area contributed by atoms with E-state index in [2.05, 4.69) is 15.2 Å². The fourth-order valence-electron chi connectivity index (χ4n) is 2.83. The number of amides is 1. The number of hydrogen-bond donors (Lipinski definition) is 1. The molecular formula is C18H21N3OS. The number of aromatic nitrogens is 1. The lowest BCUT2D eigenvalue weighted by Crippen LogP contribution is -2.32. The van der Waals surface area contributed by atoms with Gasteiger partial charge in [-0.05, 0) is 55.9 Å². The Bertz CT molecular complexity index is 683. The van der Waals surface area contributed by atoms with Crippen LogP contribution in [0.5, 0.6) is 0 Å². The summed E-state index contributed by atoms with van der Waals surface area (Å²) in [6.45, 7) is 1.94. The predicted molar refractivity (Wildman–Crippen MR) is 96.5 cm³/mol. The van der Waals surface area contributed by atoms with Crippen molar-refractivity contribution in [3.63, 3.8) is 0 Å². The Hall–Kier alpha value is -2.01. The summed E-state index contributed by atoms with van der Waals surface area (Å²) < 4.78 is 0. The van der Waals surface area contributed by atoms with Gasteiger partial charge >= 0.3 is 0 Å². The zero-order chi connectivity index (χ0) is 16.1. The molecule has 120 valence electrons. The van der Waals surface area contributed by atoms with Crippen LogP contribution in [0, 0.1) is 0 Å². The van der Waals surface area contributed by atoms with Gasteiger partial charge < -0.3 is 10.2 Å². The maximum Gasteiger partial charge on any atom is 0.259 e. The molecule has 2 aromatic rings. The number of hydrogen-bond acceptors (Lipinski definition) is 4. The number of nitrogens with one attached hydrogen (secondary N) is 1.